The number of ether oxygens (including phenoxy) is 2. The van der Waals surface area contributed by atoms with Gasteiger partial charge in [0.15, 0.2) is 0 Å². The second-order valence-electron chi connectivity index (χ2n) is 4.49. The van der Waals surface area contributed by atoms with Gasteiger partial charge in [0.2, 0.25) is 0 Å². The van der Waals surface area contributed by atoms with Gasteiger partial charge in [0.25, 0.3) is 0 Å². The number of hydrogen-bond acceptors (Lipinski definition) is 3. The molecule has 0 saturated carbocycles. The normalized spacial score (nSPS) is 13.4. The van der Waals surface area contributed by atoms with Crippen molar-refractivity contribution in [3.8, 4) is 5.75 Å². The quantitative estimate of drug-likeness (QED) is 0.824. The van der Waals surface area contributed by atoms with Crippen molar-refractivity contribution in [1.29, 1.82) is 0 Å². The van der Waals surface area contributed by atoms with E-state index in [4.69, 9.17) is 9.47 Å². The lowest BCUT2D eigenvalue weighted by atomic mass is 9.85. The fourth-order valence-corrected chi connectivity index (χ4v) is 2.41. The number of benzene rings is 1. The summed E-state index contributed by atoms with van der Waals surface area (Å²) in [5.74, 6) is 0.0762. The summed E-state index contributed by atoms with van der Waals surface area (Å²) in [6, 6.07) is 4.15. The lowest BCUT2D eigenvalue weighted by Gasteiger charge is -2.37. The molecule has 0 aliphatic carbocycles. The lowest BCUT2D eigenvalue weighted by molar-refractivity contribution is -0.128. The number of methoxy groups -OCH3 is 1. The van der Waals surface area contributed by atoms with Crippen LogP contribution in [-0.4, -0.2) is 24.4 Å². The molecule has 1 N–H and O–H groups in total. The number of rotatable bonds is 7. The summed E-state index contributed by atoms with van der Waals surface area (Å²) in [4.78, 5) is 0. The lowest BCUT2D eigenvalue weighted by Crippen LogP contribution is -2.38. The molecule has 1 unspecified atom stereocenters. The van der Waals surface area contributed by atoms with Crippen LogP contribution in [0.1, 0.15) is 45.3 Å². The molecule has 1 aromatic rings. The predicted octanol–water partition coefficient (Wildman–Crippen LogP) is 3.46. The van der Waals surface area contributed by atoms with E-state index in [0.29, 0.717) is 30.8 Å². The Morgan fingerprint density at radius 2 is 1.89 bits per heavy atom. The molecule has 1 atom stereocenters. The van der Waals surface area contributed by atoms with Crippen molar-refractivity contribution < 1.29 is 19.0 Å². The smallest absolute Gasteiger partial charge is 0.124 e. The molecule has 0 saturated heterocycles. The molecule has 0 aliphatic rings. The number of aliphatic hydroxyl groups excluding tert-OH is 1. The highest BCUT2D eigenvalue weighted by molar-refractivity contribution is 5.37. The SMILES string of the molecule is CCOC(CC)(CC)C(O)c1cc(F)ccc1OC. The Bertz CT molecular complexity index is 402. The van der Waals surface area contributed by atoms with Crippen molar-refractivity contribution in [1.82, 2.24) is 0 Å². The van der Waals surface area contributed by atoms with E-state index in [0.717, 1.165) is 0 Å². The highest BCUT2D eigenvalue weighted by Crippen LogP contribution is 2.39. The largest absolute Gasteiger partial charge is 0.496 e. The van der Waals surface area contributed by atoms with E-state index in [2.05, 4.69) is 0 Å². The summed E-state index contributed by atoms with van der Waals surface area (Å²) in [5.41, 5.74) is -0.282. The highest BCUT2D eigenvalue weighted by Gasteiger charge is 2.38. The topological polar surface area (TPSA) is 38.7 Å². The Hall–Kier alpha value is -1.13. The Balaban J connectivity index is 3.22. The zero-order valence-electron chi connectivity index (χ0n) is 12.1. The Morgan fingerprint density at radius 1 is 1.26 bits per heavy atom. The van der Waals surface area contributed by atoms with Crippen molar-refractivity contribution in [2.24, 2.45) is 0 Å². The van der Waals surface area contributed by atoms with Crippen molar-refractivity contribution in [3.63, 3.8) is 0 Å². The summed E-state index contributed by atoms with van der Waals surface area (Å²) < 4.78 is 24.4. The summed E-state index contributed by atoms with van der Waals surface area (Å²) >= 11 is 0. The molecule has 0 amide bonds. The summed E-state index contributed by atoms with van der Waals surface area (Å²) in [6.07, 6.45) is 0.351. The number of hydrogen-bond donors (Lipinski definition) is 1. The van der Waals surface area contributed by atoms with Crippen molar-refractivity contribution >= 4 is 0 Å². The van der Waals surface area contributed by atoms with Crippen molar-refractivity contribution in [3.05, 3.63) is 29.6 Å². The third-order valence-electron chi connectivity index (χ3n) is 3.61. The van der Waals surface area contributed by atoms with Gasteiger partial charge >= 0.3 is 0 Å². The van der Waals surface area contributed by atoms with Gasteiger partial charge in [0.05, 0.1) is 12.7 Å². The average Bonchev–Trinajstić information content (AvgIpc) is 2.44. The standard InChI is InChI=1S/C15H23FO3/c1-5-15(6-2,19-7-3)14(17)12-10-11(16)8-9-13(12)18-4/h8-10,14,17H,5-7H2,1-4H3. The molecule has 1 rings (SSSR count). The number of halogens is 1. The molecule has 0 aromatic heterocycles. The first kappa shape index (κ1) is 15.9. The highest BCUT2D eigenvalue weighted by atomic mass is 19.1. The van der Waals surface area contributed by atoms with E-state index in [1.54, 1.807) is 0 Å². The Morgan fingerprint density at radius 3 is 2.37 bits per heavy atom. The fourth-order valence-electron chi connectivity index (χ4n) is 2.41. The van der Waals surface area contributed by atoms with Crippen LogP contribution in [0.2, 0.25) is 0 Å². The van der Waals surface area contributed by atoms with Crippen LogP contribution in [0.5, 0.6) is 5.75 Å². The summed E-state index contributed by atoms with van der Waals surface area (Å²) in [5, 5.41) is 10.6. The third-order valence-corrected chi connectivity index (χ3v) is 3.61. The Kier molecular flexibility index (Phi) is 5.76. The van der Waals surface area contributed by atoms with Gasteiger partial charge in [-0.1, -0.05) is 13.8 Å². The maximum absolute atomic E-state index is 13.4. The molecule has 0 radical (unpaired) electrons. The molecule has 0 bridgehead atoms. The molecule has 0 spiro atoms. The van der Waals surface area contributed by atoms with E-state index in [-0.39, 0.29) is 0 Å². The van der Waals surface area contributed by atoms with Crippen LogP contribution < -0.4 is 4.74 Å². The molecular weight excluding hydrogens is 247 g/mol. The second kappa shape index (κ2) is 6.87. The molecule has 0 heterocycles. The van der Waals surface area contributed by atoms with Crippen LogP contribution in [0.25, 0.3) is 0 Å². The van der Waals surface area contributed by atoms with Gasteiger partial charge in [-0.2, -0.15) is 0 Å². The molecule has 0 aliphatic heterocycles. The van der Waals surface area contributed by atoms with Crippen molar-refractivity contribution in [2.75, 3.05) is 13.7 Å². The van der Waals surface area contributed by atoms with Gasteiger partial charge < -0.3 is 14.6 Å². The zero-order chi connectivity index (χ0) is 14.5. The predicted molar refractivity (Wildman–Crippen MR) is 72.9 cm³/mol. The van der Waals surface area contributed by atoms with Gasteiger partial charge in [-0.25, -0.2) is 4.39 Å². The summed E-state index contributed by atoms with van der Waals surface area (Å²) in [6.45, 7) is 6.29. The van der Waals surface area contributed by atoms with E-state index in [9.17, 15) is 9.50 Å². The molecular formula is C15H23FO3. The molecule has 108 valence electrons. The zero-order valence-corrected chi connectivity index (χ0v) is 12.1. The van der Waals surface area contributed by atoms with Crippen LogP contribution >= 0.6 is 0 Å². The fraction of sp³-hybridized carbons (Fsp3) is 0.600. The van der Waals surface area contributed by atoms with Crippen LogP contribution in [0, 0.1) is 5.82 Å². The minimum absolute atomic E-state index is 0.396. The monoisotopic (exact) mass is 270 g/mol. The number of aliphatic hydroxyl groups is 1. The second-order valence-corrected chi connectivity index (χ2v) is 4.49. The maximum atomic E-state index is 13.4. The van der Waals surface area contributed by atoms with Crippen LogP contribution in [0.15, 0.2) is 18.2 Å². The van der Waals surface area contributed by atoms with Crippen LogP contribution in [-0.2, 0) is 4.74 Å². The first-order chi connectivity index (χ1) is 9.04. The Labute approximate surface area is 114 Å². The molecule has 3 nitrogen and oxygen atoms in total. The molecule has 1 aromatic carbocycles. The summed E-state index contributed by atoms with van der Waals surface area (Å²) in [7, 11) is 1.50. The maximum Gasteiger partial charge on any atom is 0.124 e. The molecule has 4 heteroatoms. The van der Waals surface area contributed by atoms with Gasteiger partial charge in [0.1, 0.15) is 17.7 Å². The van der Waals surface area contributed by atoms with E-state index >= 15 is 0 Å². The van der Waals surface area contributed by atoms with Crippen molar-refractivity contribution in [2.45, 2.75) is 45.3 Å². The van der Waals surface area contributed by atoms with E-state index in [1.807, 2.05) is 20.8 Å². The third kappa shape index (κ3) is 3.25. The minimum Gasteiger partial charge on any atom is -0.496 e. The van der Waals surface area contributed by atoms with Gasteiger partial charge in [0, 0.05) is 12.2 Å². The van der Waals surface area contributed by atoms with Gasteiger partial charge in [-0.15, -0.1) is 0 Å². The first-order valence-corrected chi connectivity index (χ1v) is 6.70. The average molecular weight is 270 g/mol. The first-order valence-electron chi connectivity index (χ1n) is 6.70. The minimum atomic E-state index is -0.923. The van der Waals surface area contributed by atoms with Crippen LogP contribution in [0.3, 0.4) is 0 Å². The van der Waals surface area contributed by atoms with Gasteiger partial charge in [-0.3, -0.25) is 0 Å². The molecule has 19 heavy (non-hydrogen) atoms. The van der Waals surface area contributed by atoms with Gasteiger partial charge in [-0.05, 0) is 38.0 Å². The van der Waals surface area contributed by atoms with E-state index < -0.39 is 17.5 Å². The van der Waals surface area contributed by atoms with E-state index in [1.165, 1.54) is 25.3 Å². The molecule has 0 fully saturated rings. The van der Waals surface area contributed by atoms with Crippen LogP contribution in [0.4, 0.5) is 4.39 Å².